The summed E-state index contributed by atoms with van der Waals surface area (Å²) in [4.78, 5) is 37.5. The van der Waals surface area contributed by atoms with Gasteiger partial charge in [0.25, 0.3) is 11.6 Å². The number of piperazine rings is 1. The third-order valence-electron chi connectivity index (χ3n) is 3.46. The first-order valence-corrected chi connectivity index (χ1v) is 6.43. The Bertz CT molecular complexity index is 602. The van der Waals surface area contributed by atoms with Gasteiger partial charge in [0.15, 0.2) is 0 Å². The molecule has 1 aromatic rings. The number of carbonyl (C=O) groups is 2. The lowest BCUT2D eigenvalue weighted by Crippen LogP contribution is -2.50. The Labute approximate surface area is 121 Å². The SMILES string of the molecule is CNc1ccc([N+](=O)[O-])c(C(=O)N2CCN(C)C(=O)C2)c1. The minimum absolute atomic E-state index is 0.01000. The van der Waals surface area contributed by atoms with Crippen LogP contribution in [0.2, 0.25) is 0 Å². The predicted molar refractivity (Wildman–Crippen MR) is 76.2 cm³/mol. The molecular weight excluding hydrogens is 276 g/mol. The summed E-state index contributed by atoms with van der Waals surface area (Å²) >= 11 is 0. The average molecular weight is 292 g/mol. The van der Waals surface area contributed by atoms with Crippen LogP contribution in [0, 0.1) is 10.1 Å². The molecule has 0 radical (unpaired) electrons. The molecule has 0 bridgehead atoms. The molecule has 0 saturated carbocycles. The second kappa shape index (κ2) is 5.78. The fourth-order valence-electron chi connectivity index (χ4n) is 2.12. The van der Waals surface area contributed by atoms with E-state index in [1.54, 1.807) is 14.1 Å². The zero-order chi connectivity index (χ0) is 15.6. The van der Waals surface area contributed by atoms with Crippen LogP contribution in [0.25, 0.3) is 0 Å². The van der Waals surface area contributed by atoms with Gasteiger partial charge in [-0.05, 0) is 12.1 Å². The van der Waals surface area contributed by atoms with Crippen molar-refractivity contribution in [1.29, 1.82) is 0 Å². The van der Waals surface area contributed by atoms with Gasteiger partial charge in [-0.2, -0.15) is 0 Å². The second-order valence-corrected chi connectivity index (χ2v) is 4.78. The maximum Gasteiger partial charge on any atom is 0.282 e. The lowest BCUT2D eigenvalue weighted by atomic mass is 10.1. The highest BCUT2D eigenvalue weighted by Crippen LogP contribution is 2.24. The minimum Gasteiger partial charge on any atom is -0.388 e. The molecule has 2 rings (SSSR count). The molecule has 1 fully saturated rings. The van der Waals surface area contributed by atoms with E-state index in [0.29, 0.717) is 18.8 Å². The van der Waals surface area contributed by atoms with E-state index in [2.05, 4.69) is 5.32 Å². The molecule has 21 heavy (non-hydrogen) atoms. The Morgan fingerprint density at radius 2 is 2.10 bits per heavy atom. The number of rotatable bonds is 3. The van der Waals surface area contributed by atoms with Crippen LogP contribution in [0.5, 0.6) is 0 Å². The van der Waals surface area contributed by atoms with Gasteiger partial charge in [0.1, 0.15) is 12.1 Å². The van der Waals surface area contributed by atoms with Crippen LogP contribution < -0.4 is 5.32 Å². The Morgan fingerprint density at radius 3 is 2.67 bits per heavy atom. The third kappa shape index (κ3) is 2.93. The van der Waals surface area contributed by atoms with E-state index in [9.17, 15) is 19.7 Å². The molecule has 1 aliphatic heterocycles. The number of carbonyl (C=O) groups excluding carboxylic acids is 2. The van der Waals surface area contributed by atoms with Gasteiger partial charge < -0.3 is 15.1 Å². The van der Waals surface area contributed by atoms with E-state index in [1.807, 2.05) is 0 Å². The van der Waals surface area contributed by atoms with Gasteiger partial charge in [-0.3, -0.25) is 19.7 Å². The molecule has 8 heteroatoms. The molecule has 112 valence electrons. The lowest BCUT2D eigenvalue weighted by molar-refractivity contribution is -0.385. The van der Waals surface area contributed by atoms with Crippen LogP contribution >= 0.6 is 0 Å². The summed E-state index contributed by atoms with van der Waals surface area (Å²) in [6.07, 6.45) is 0. The zero-order valence-electron chi connectivity index (χ0n) is 11.8. The summed E-state index contributed by atoms with van der Waals surface area (Å²) in [5.74, 6) is -0.678. The number of hydrogen-bond donors (Lipinski definition) is 1. The van der Waals surface area contributed by atoms with E-state index in [0.717, 1.165) is 0 Å². The normalized spacial score (nSPS) is 15.0. The van der Waals surface area contributed by atoms with Gasteiger partial charge in [-0.15, -0.1) is 0 Å². The van der Waals surface area contributed by atoms with Gasteiger partial charge in [0.05, 0.1) is 4.92 Å². The Balaban J connectivity index is 2.33. The van der Waals surface area contributed by atoms with Crippen molar-refractivity contribution in [1.82, 2.24) is 9.80 Å². The number of nitrogens with one attached hydrogen (secondary N) is 1. The maximum atomic E-state index is 12.5. The standard InChI is InChI=1S/C13H16N4O4/c1-14-9-3-4-11(17(20)21)10(7-9)13(19)16-6-5-15(2)12(18)8-16/h3-4,7,14H,5-6,8H2,1-2H3. The fraction of sp³-hybridized carbons (Fsp3) is 0.385. The van der Waals surface area contributed by atoms with Crippen molar-refractivity contribution < 1.29 is 14.5 Å². The molecule has 0 atom stereocenters. The van der Waals surface area contributed by atoms with Gasteiger partial charge >= 0.3 is 0 Å². The molecule has 1 heterocycles. The molecular formula is C13H16N4O4. The predicted octanol–water partition coefficient (Wildman–Crippen LogP) is 0.551. The first-order chi connectivity index (χ1) is 9.93. The fourth-order valence-corrected chi connectivity index (χ4v) is 2.12. The maximum absolute atomic E-state index is 12.5. The van der Waals surface area contributed by atoms with Gasteiger partial charge in [0, 0.05) is 38.9 Å². The van der Waals surface area contributed by atoms with Crippen molar-refractivity contribution in [2.45, 2.75) is 0 Å². The number of nitrogens with zero attached hydrogens (tertiary/aromatic N) is 3. The molecule has 1 saturated heterocycles. The van der Waals surface area contributed by atoms with Gasteiger partial charge in [-0.25, -0.2) is 0 Å². The van der Waals surface area contributed by atoms with Gasteiger partial charge in [0.2, 0.25) is 5.91 Å². The number of amides is 2. The first kappa shape index (κ1) is 14.8. The van der Waals surface area contributed by atoms with Crippen molar-refractivity contribution in [3.63, 3.8) is 0 Å². The second-order valence-electron chi connectivity index (χ2n) is 4.78. The molecule has 1 aliphatic rings. The van der Waals surface area contributed by atoms with Gasteiger partial charge in [-0.1, -0.05) is 0 Å². The first-order valence-electron chi connectivity index (χ1n) is 6.43. The number of anilines is 1. The van der Waals surface area contributed by atoms with E-state index >= 15 is 0 Å². The number of hydrogen-bond acceptors (Lipinski definition) is 5. The number of benzene rings is 1. The molecule has 0 unspecified atom stereocenters. The topological polar surface area (TPSA) is 95.8 Å². The molecule has 1 aromatic carbocycles. The smallest absolute Gasteiger partial charge is 0.282 e. The van der Waals surface area contributed by atoms with Crippen molar-refractivity contribution >= 4 is 23.2 Å². The summed E-state index contributed by atoms with van der Waals surface area (Å²) in [7, 11) is 3.32. The molecule has 2 amide bonds. The summed E-state index contributed by atoms with van der Waals surface area (Å²) in [5.41, 5.74) is 0.332. The zero-order valence-corrected chi connectivity index (χ0v) is 11.8. The largest absolute Gasteiger partial charge is 0.388 e. The van der Waals surface area contributed by atoms with Crippen LogP contribution in [0.15, 0.2) is 18.2 Å². The summed E-state index contributed by atoms with van der Waals surface area (Å²) < 4.78 is 0. The highest BCUT2D eigenvalue weighted by Gasteiger charge is 2.29. The molecule has 8 nitrogen and oxygen atoms in total. The number of likely N-dealkylation sites (N-methyl/N-ethyl adjacent to an activating group) is 1. The number of nitro benzene ring substituents is 1. The minimum atomic E-state index is -0.593. The summed E-state index contributed by atoms with van der Waals surface area (Å²) in [6.45, 7) is 0.725. The van der Waals surface area contributed by atoms with Crippen molar-refractivity contribution in [3.05, 3.63) is 33.9 Å². The molecule has 0 aliphatic carbocycles. The monoisotopic (exact) mass is 292 g/mol. The van der Waals surface area contributed by atoms with Crippen molar-refractivity contribution in [3.8, 4) is 0 Å². The van der Waals surface area contributed by atoms with Crippen LogP contribution in [0.4, 0.5) is 11.4 Å². The van der Waals surface area contributed by atoms with Crippen LogP contribution in [-0.4, -0.2) is 60.3 Å². The summed E-state index contributed by atoms with van der Waals surface area (Å²) in [5, 5.41) is 13.9. The Morgan fingerprint density at radius 1 is 1.38 bits per heavy atom. The van der Waals surface area contributed by atoms with Crippen molar-refractivity contribution in [2.24, 2.45) is 0 Å². The summed E-state index contributed by atoms with van der Waals surface area (Å²) in [6, 6.07) is 4.25. The molecule has 0 aromatic heterocycles. The quantitative estimate of drug-likeness (QED) is 0.648. The van der Waals surface area contributed by atoms with E-state index in [4.69, 9.17) is 0 Å². The highest BCUT2D eigenvalue weighted by molar-refractivity contribution is 6.01. The van der Waals surface area contributed by atoms with E-state index < -0.39 is 10.8 Å². The Kier molecular flexibility index (Phi) is 4.06. The molecule has 1 N–H and O–H groups in total. The molecule has 0 spiro atoms. The van der Waals surface area contributed by atoms with Crippen LogP contribution in [0.3, 0.4) is 0 Å². The average Bonchev–Trinajstić information content (AvgIpc) is 2.48. The van der Waals surface area contributed by atoms with Crippen molar-refractivity contribution in [2.75, 3.05) is 39.0 Å². The van der Waals surface area contributed by atoms with Crippen LogP contribution in [0.1, 0.15) is 10.4 Å². The Hall–Kier alpha value is -2.64. The third-order valence-corrected chi connectivity index (χ3v) is 3.46. The lowest BCUT2D eigenvalue weighted by Gasteiger charge is -2.31. The highest BCUT2D eigenvalue weighted by atomic mass is 16.6. The number of nitro groups is 1. The van der Waals surface area contributed by atoms with E-state index in [-0.39, 0.29) is 23.7 Å². The van der Waals surface area contributed by atoms with Crippen LogP contribution in [-0.2, 0) is 4.79 Å². The van der Waals surface area contributed by atoms with E-state index in [1.165, 1.54) is 28.0 Å².